The lowest BCUT2D eigenvalue weighted by molar-refractivity contribution is 0.879. The van der Waals surface area contributed by atoms with Gasteiger partial charge in [-0.3, -0.25) is 0 Å². The number of hydrogen-bond donors (Lipinski definition) is 0. The van der Waals surface area contributed by atoms with Crippen LogP contribution in [0.5, 0.6) is 0 Å². The molecule has 0 aliphatic heterocycles. The van der Waals surface area contributed by atoms with E-state index in [4.69, 9.17) is 0 Å². The number of hydrogen-bond acceptors (Lipinski definition) is 4. The van der Waals surface area contributed by atoms with E-state index < -0.39 is 0 Å². The smallest absolute Gasteiger partial charge is 0.188 e. The van der Waals surface area contributed by atoms with Gasteiger partial charge in [0.15, 0.2) is 5.16 Å². The van der Waals surface area contributed by atoms with Crippen molar-refractivity contribution in [1.29, 1.82) is 0 Å². The molecule has 0 amide bonds. The maximum Gasteiger partial charge on any atom is 0.188 e. The summed E-state index contributed by atoms with van der Waals surface area (Å²) in [5.74, 6) is 2.05. The Hall–Kier alpha value is 0.260. The van der Waals surface area contributed by atoms with Crippen LogP contribution in [0.1, 0.15) is 13.8 Å². The fourth-order valence-electron chi connectivity index (χ4n) is 0.773. The van der Waals surface area contributed by atoms with Crippen LogP contribution in [0.25, 0.3) is 0 Å². The number of nitrogens with zero attached hydrogens (tertiary/aromatic N) is 2. The van der Waals surface area contributed by atoms with Crippen molar-refractivity contribution in [2.75, 3.05) is 11.5 Å². The predicted molar refractivity (Wildman–Crippen MR) is 62.5 cm³/mol. The quantitative estimate of drug-likeness (QED) is 0.479. The summed E-state index contributed by atoms with van der Waals surface area (Å²) in [4.78, 5) is 8.62. The monoisotopic (exact) mass is 278 g/mol. The van der Waals surface area contributed by atoms with Gasteiger partial charge in [0.2, 0.25) is 0 Å². The van der Waals surface area contributed by atoms with Gasteiger partial charge in [0.1, 0.15) is 5.03 Å². The van der Waals surface area contributed by atoms with Crippen molar-refractivity contribution >= 4 is 39.5 Å². The second kappa shape index (κ2) is 5.88. The average molecular weight is 279 g/mol. The zero-order valence-corrected chi connectivity index (χ0v) is 10.8. The highest BCUT2D eigenvalue weighted by atomic mass is 79.9. The van der Waals surface area contributed by atoms with Crippen molar-refractivity contribution < 1.29 is 0 Å². The van der Waals surface area contributed by atoms with Gasteiger partial charge in [-0.15, -0.1) is 11.8 Å². The molecule has 1 heterocycles. The molecule has 0 aromatic carbocycles. The maximum atomic E-state index is 4.42. The van der Waals surface area contributed by atoms with Gasteiger partial charge in [-0.2, -0.15) is 0 Å². The van der Waals surface area contributed by atoms with Crippen LogP contribution in [0.15, 0.2) is 20.9 Å². The molecule has 0 saturated heterocycles. The normalized spacial score (nSPS) is 10.4. The summed E-state index contributed by atoms with van der Waals surface area (Å²) in [5, 5.41) is 1.90. The first-order valence-electron chi connectivity index (χ1n) is 4.06. The van der Waals surface area contributed by atoms with E-state index in [1.807, 2.05) is 6.20 Å². The molecule has 0 radical (unpaired) electrons. The average Bonchev–Trinajstić information content (AvgIpc) is 2.12. The Morgan fingerprint density at radius 2 is 2.00 bits per heavy atom. The first-order valence-corrected chi connectivity index (χ1v) is 6.82. The van der Waals surface area contributed by atoms with Crippen LogP contribution < -0.4 is 0 Å². The molecule has 0 spiro atoms. The van der Waals surface area contributed by atoms with E-state index in [1.165, 1.54) is 0 Å². The molecule has 0 atom stereocenters. The summed E-state index contributed by atoms with van der Waals surface area (Å²) in [6, 6.07) is 0. The Bertz CT molecular complexity index is 281. The number of halogens is 1. The van der Waals surface area contributed by atoms with Gasteiger partial charge in [0.25, 0.3) is 0 Å². The van der Waals surface area contributed by atoms with Crippen LogP contribution in [0.4, 0.5) is 0 Å². The molecule has 0 bridgehead atoms. The largest absolute Gasteiger partial charge is 0.230 e. The van der Waals surface area contributed by atoms with Crippen molar-refractivity contribution in [3.8, 4) is 0 Å². The molecule has 0 unspecified atom stereocenters. The minimum Gasteiger partial charge on any atom is -0.230 e. The minimum atomic E-state index is 0.863. The summed E-state index contributed by atoms with van der Waals surface area (Å²) >= 11 is 6.83. The Balaban J connectivity index is 2.83. The first-order chi connectivity index (χ1) is 6.27. The molecule has 2 nitrogen and oxygen atoms in total. The second-order valence-corrected chi connectivity index (χ2v) is 5.51. The Kier molecular flexibility index (Phi) is 5.13. The summed E-state index contributed by atoms with van der Waals surface area (Å²) in [7, 11) is 0. The predicted octanol–water partition coefficient (Wildman–Crippen LogP) is 3.46. The topological polar surface area (TPSA) is 25.8 Å². The lowest BCUT2D eigenvalue weighted by Gasteiger charge is -2.02. The van der Waals surface area contributed by atoms with Crippen molar-refractivity contribution in [2.45, 2.75) is 24.0 Å². The summed E-state index contributed by atoms with van der Waals surface area (Å²) in [6.07, 6.45) is 1.82. The van der Waals surface area contributed by atoms with Crippen LogP contribution in [0.3, 0.4) is 0 Å². The van der Waals surface area contributed by atoms with Crippen molar-refractivity contribution in [1.82, 2.24) is 9.97 Å². The Morgan fingerprint density at radius 1 is 1.31 bits per heavy atom. The van der Waals surface area contributed by atoms with E-state index in [0.29, 0.717) is 0 Å². The van der Waals surface area contributed by atoms with Crippen molar-refractivity contribution in [3.05, 3.63) is 10.7 Å². The molecular formula is C8H11BrN2S2. The zero-order chi connectivity index (χ0) is 9.68. The Morgan fingerprint density at radius 3 is 2.62 bits per heavy atom. The van der Waals surface area contributed by atoms with Crippen molar-refractivity contribution in [2.24, 2.45) is 0 Å². The Labute approximate surface area is 95.4 Å². The molecule has 5 heteroatoms. The van der Waals surface area contributed by atoms with Gasteiger partial charge in [-0.25, -0.2) is 9.97 Å². The molecule has 13 heavy (non-hydrogen) atoms. The summed E-state index contributed by atoms with van der Waals surface area (Å²) < 4.78 is 0.986. The van der Waals surface area contributed by atoms with Gasteiger partial charge in [-0.1, -0.05) is 25.6 Å². The highest BCUT2D eigenvalue weighted by Crippen LogP contribution is 2.26. The van der Waals surface area contributed by atoms with Crippen LogP contribution in [-0.2, 0) is 0 Å². The molecular weight excluding hydrogens is 268 g/mol. The third-order valence-electron chi connectivity index (χ3n) is 1.24. The number of thioether (sulfide) groups is 2. The summed E-state index contributed by atoms with van der Waals surface area (Å²) in [6.45, 7) is 4.22. The van der Waals surface area contributed by atoms with E-state index in [0.717, 1.165) is 26.2 Å². The van der Waals surface area contributed by atoms with Gasteiger partial charge >= 0.3 is 0 Å². The van der Waals surface area contributed by atoms with Crippen LogP contribution in [0, 0.1) is 0 Å². The highest BCUT2D eigenvalue weighted by molar-refractivity contribution is 9.10. The molecule has 0 N–H and O–H groups in total. The summed E-state index contributed by atoms with van der Waals surface area (Å²) in [5.41, 5.74) is 0. The van der Waals surface area contributed by atoms with Gasteiger partial charge in [-0.05, 0) is 27.4 Å². The first kappa shape index (κ1) is 11.3. The van der Waals surface area contributed by atoms with Crippen LogP contribution in [-0.4, -0.2) is 21.5 Å². The number of rotatable bonds is 4. The van der Waals surface area contributed by atoms with E-state index in [2.05, 4.69) is 39.7 Å². The van der Waals surface area contributed by atoms with E-state index in [9.17, 15) is 0 Å². The lowest BCUT2D eigenvalue weighted by atomic mass is 10.7. The third-order valence-corrected chi connectivity index (χ3v) is 3.70. The minimum absolute atomic E-state index is 0.863. The zero-order valence-electron chi connectivity index (χ0n) is 7.58. The maximum absolute atomic E-state index is 4.42. The highest BCUT2D eigenvalue weighted by Gasteiger charge is 2.04. The molecule has 72 valence electrons. The van der Waals surface area contributed by atoms with Crippen LogP contribution >= 0.6 is 39.5 Å². The SMILES string of the molecule is CCSc1ncc(Br)c(SCC)n1. The molecule has 1 rings (SSSR count). The van der Waals surface area contributed by atoms with E-state index in [-0.39, 0.29) is 0 Å². The molecule has 0 saturated carbocycles. The van der Waals surface area contributed by atoms with Gasteiger partial charge in [0.05, 0.1) is 4.47 Å². The molecule has 0 fully saturated rings. The number of aromatic nitrogens is 2. The molecule has 1 aromatic rings. The standard InChI is InChI=1S/C8H11BrN2S2/c1-3-12-7-6(9)5-10-8(11-7)13-4-2/h5H,3-4H2,1-2H3. The lowest BCUT2D eigenvalue weighted by Crippen LogP contribution is -1.90. The van der Waals surface area contributed by atoms with E-state index >= 15 is 0 Å². The molecule has 0 aliphatic carbocycles. The van der Waals surface area contributed by atoms with Crippen LogP contribution in [0.2, 0.25) is 0 Å². The van der Waals surface area contributed by atoms with E-state index in [1.54, 1.807) is 23.5 Å². The van der Waals surface area contributed by atoms with Crippen molar-refractivity contribution in [3.63, 3.8) is 0 Å². The van der Waals surface area contributed by atoms with Gasteiger partial charge in [0, 0.05) is 6.20 Å². The van der Waals surface area contributed by atoms with Gasteiger partial charge < -0.3 is 0 Å². The fraction of sp³-hybridized carbons (Fsp3) is 0.500. The molecule has 1 aromatic heterocycles. The second-order valence-electron chi connectivity index (χ2n) is 2.17. The fourth-order valence-corrected chi connectivity index (χ4v) is 2.52. The molecule has 0 aliphatic rings. The third kappa shape index (κ3) is 3.48.